The number of likely N-dealkylation sites (tertiary alicyclic amines) is 1. The van der Waals surface area contributed by atoms with Gasteiger partial charge in [-0.05, 0) is 76.4 Å². The molecular formula is C27H37N3O3. The number of aryl methyl sites for hydroxylation is 1. The summed E-state index contributed by atoms with van der Waals surface area (Å²) in [6, 6.07) is 15.6. The van der Waals surface area contributed by atoms with E-state index in [4.69, 9.17) is 4.74 Å². The molecule has 6 nitrogen and oxygen atoms in total. The van der Waals surface area contributed by atoms with Crippen molar-refractivity contribution in [2.24, 2.45) is 0 Å². The summed E-state index contributed by atoms with van der Waals surface area (Å²) < 4.78 is 5.03. The number of nitrogens with one attached hydrogen (secondary N) is 1. The number of carbonyl (C=O) groups is 2. The molecular weight excluding hydrogens is 414 g/mol. The molecule has 1 heterocycles. The first-order valence-corrected chi connectivity index (χ1v) is 12.1. The SMILES string of the molecule is CCOC(=O)c1ccc(NC(=O)N(CCCN2CCCCC2C)Cc2ccc(C)cc2)cc1. The lowest BCUT2D eigenvalue weighted by Gasteiger charge is -2.34. The lowest BCUT2D eigenvalue weighted by molar-refractivity contribution is 0.0526. The molecule has 6 heteroatoms. The number of esters is 1. The Labute approximate surface area is 197 Å². The van der Waals surface area contributed by atoms with Gasteiger partial charge in [-0.3, -0.25) is 0 Å². The molecule has 2 aromatic carbocycles. The van der Waals surface area contributed by atoms with Gasteiger partial charge in [0.15, 0.2) is 0 Å². The van der Waals surface area contributed by atoms with Crippen LogP contribution in [0.4, 0.5) is 10.5 Å². The van der Waals surface area contributed by atoms with Crippen LogP contribution in [0.3, 0.4) is 0 Å². The third-order valence-corrected chi connectivity index (χ3v) is 6.24. The minimum Gasteiger partial charge on any atom is -0.462 e. The number of carbonyl (C=O) groups excluding carboxylic acids is 2. The van der Waals surface area contributed by atoms with E-state index in [1.807, 2.05) is 4.90 Å². The van der Waals surface area contributed by atoms with Crippen molar-refractivity contribution in [3.05, 3.63) is 65.2 Å². The molecule has 0 saturated carbocycles. The molecule has 3 rings (SSSR count). The second-order valence-corrected chi connectivity index (χ2v) is 8.87. The van der Waals surface area contributed by atoms with Crippen LogP contribution in [-0.2, 0) is 11.3 Å². The van der Waals surface area contributed by atoms with Crippen molar-refractivity contribution in [3.8, 4) is 0 Å². The first-order chi connectivity index (χ1) is 16.0. The van der Waals surface area contributed by atoms with Crippen molar-refractivity contribution >= 4 is 17.7 Å². The quantitative estimate of drug-likeness (QED) is 0.514. The fourth-order valence-electron chi connectivity index (χ4n) is 4.23. The van der Waals surface area contributed by atoms with Gasteiger partial charge in [-0.25, -0.2) is 9.59 Å². The fourth-order valence-corrected chi connectivity index (χ4v) is 4.23. The van der Waals surface area contributed by atoms with E-state index in [2.05, 4.69) is 48.3 Å². The van der Waals surface area contributed by atoms with Gasteiger partial charge in [0.1, 0.15) is 0 Å². The van der Waals surface area contributed by atoms with Crippen LogP contribution in [0, 0.1) is 6.92 Å². The van der Waals surface area contributed by atoms with E-state index in [0.717, 1.165) is 25.1 Å². The van der Waals surface area contributed by atoms with Crippen molar-refractivity contribution in [3.63, 3.8) is 0 Å². The van der Waals surface area contributed by atoms with Crippen LogP contribution < -0.4 is 5.32 Å². The Balaban J connectivity index is 1.63. The second kappa shape index (κ2) is 12.4. The van der Waals surface area contributed by atoms with Crippen molar-refractivity contribution in [1.82, 2.24) is 9.80 Å². The van der Waals surface area contributed by atoms with Crippen LogP contribution in [0.1, 0.15) is 61.0 Å². The summed E-state index contributed by atoms with van der Waals surface area (Å²) >= 11 is 0. The number of hydrogen-bond donors (Lipinski definition) is 1. The molecule has 2 amide bonds. The number of hydrogen-bond acceptors (Lipinski definition) is 4. The summed E-state index contributed by atoms with van der Waals surface area (Å²) in [6.07, 6.45) is 4.77. The van der Waals surface area contributed by atoms with Crippen LogP contribution in [0.2, 0.25) is 0 Å². The van der Waals surface area contributed by atoms with Crippen molar-refractivity contribution in [2.45, 2.75) is 59.0 Å². The molecule has 0 aromatic heterocycles. The van der Waals surface area contributed by atoms with Gasteiger partial charge >= 0.3 is 12.0 Å². The first kappa shape index (κ1) is 24.8. The predicted octanol–water partition coefficient (Wildman–Crippen LogP) is 5.47. The smallest absolute Gasteiger partial charge is 0.338 e. The maximum atomic E-state index is 13.2. The Hall–Kier alpha value is -2.86. The standard InChI is InChI=1S/C27H37N3O3/c1-4-33-26(31)24-13-15-25(16-14-24)28-27(32)30(20-23-11-9-21(2)10-12-23)19-7-18-29-17-6-5-8-22(29)3/h9-16,22H,4-8,17-20H2,1-3H3,(H,28,32). The third-order valence-electron chi connectivity index (χ3n) is 6.24. The highest BCUT2D eigenvalue weighted by Gasteiger charge is 2.19. The largest absolute Gasteiger partial charge is 0.462 e. The van der Waals surface area contributed by atoms with E-state index in [-0.39, 0.29) is 12.0 Å². The Bertz CT molecular complexity index is 896. The molecule has 1 aliphatic rings. The molecule has 1 N–H and O–H groups in total. The molecule has 0 spiro atoms. The highest BCUT2D eigenvalue weighted by atomic mass is 16.5. The summed E-state index contributed by atoms with van der Waals surface area (Å²) in [5.74, 6) is -0.358. The van der Waals surface area contributed by atoms with E-state index in [1.54, 1.807) is 31.2 Å². The number of nitrogens with zero attached hydrogens (tertiary/aromatic N) is 2. The summed E-state index contributed by atoms with van der Waals surface area (Å²) in [4.78, 5) is 29.4. The Kier molecular flexibility index (Phi) is 9.31. The second-order valence-electron chi connectivity index (χ2n) is 8.87. The lowest BCUT2D eigenvalue weighted by atomic mass is 10.0. The third kappa shape index (κ3) is 7.60. The summed E-state index contributed by atoms with van der Waals surface area (Å²) in [7, 11) is 0. The summed E-state index contributed by atoms with van der Waals surface area (Å²) in [5.41, 5.74) is 3.45. The number of piperidine rings is 1. The zero-order chi connectivity index (χ0) is 23.6. The van der Waals surface area contributed by atoms with Crippen molar-refractivity contribution in [2.75, 3.05) is 31.6 Å². The van der Waals surface area contributed by atoms with Gasteiger partial charge in [-0.15, -0.1) is 0 Å². The van der Waals surface area contributed by atoms with E-state index in [9.17, 15) is 9.59 Å². The molecule has 0 radical (unpaired) electrons. The van der Waals surface area contributed by atoms with Gasteiger partial charge in [0.25, 0.3) is 0 Å². The Morgan fingerprint density at radius 1 is 1.09 bits per heavy atom. The molecule has 33 heavy (non-hydrogen) atoms. The Morgan fingerprint density at radius 2 is 1.82 bits per heavy atom. The lowest BCUT2D eigenvalue weighted by Crippen LogP contribution is -2.40. The topological polar surface area (TPSA) is 61.9 Å². The number of rotatable bonds is 9. The predicted molar refractivity (Wildman–Crippen MR) is 133 cm³/mol. The van der Waals surface area contributed by atoms with Crippen LogP contribution in [0.15, 0.2) is 48.5 Å². The number of amides is 2. The molecule has 1 atom stereocenters. The van der Waals surface area contributed by atoms with Gasteiger partial charge in [0, 0.05) is 31.4 Å². The monoisotopic (exact) mass is 451 g/mol. The molecule has 1 fully saturated rings. The number of ether oxygens (including phenoxy) is 1. The van der Waals surface area contributed by atoms with Gasteiger partial charge in [-0.1, -0.05) is 36.2 Å². The molecule has 1 aliphatic heterocycles. The van der Waals surface area contributed by atoms with Crippen LogP contribution in [-0.4, -0.2) is 54.1 Å². The Morgan fingerprint density at radius 3 is 2.48 bits per heavy atom. The van der Waals surface area contributed by atoms with E-state index in [1.165, 1.54) is 24.8 Å². The molecule has 1 saturated heterocycles. The van der Waals surface area contributed by atoms with Crippen LogP contribution in [0.5, 0.6) is 0 Å². The number of benzene rings is 2. The molecule has 1 unspecified atom stereocenters. The molecule has 0 bridgehead atoms. The van der Waals surface area contributed by atoms with E-state index < -0.39 is 0 Å². The first-order valence-electron chi connectivity index (χ1n) is 12.1. The van der Waals surface area contributed by atoms with Crippen LogP contribution >= 0.6 is 0 Å². The summed E-state index contributed by atoms with van der Waals surface area (Å²) in [5, 5.41) is 2.99. The zero-order valence-corrected chi connectivity index (χ0v) is 20.2. The van der Waals surface area contributed by atoms with E-state index in [0.29, 0.717) is 37.0 Å². The molecule has 178 valence electrons. The summed E-state index contributed by atoms with van der Waals surface area (Å²) in [6.45, 7) is 9.88. The maximum absolute atomic E-state index is 13.2. The molecule has 0 aliphatic carbocycles. The van der Waals surface area contributed by atoms with Crippen LogP contribution in [0.25, 0.3) is 0 Å². The minimum atomic E-state index is -0.358. The van der Waals surface area contributed by atoms with Gasteiger partial charge in [0.05, 0.1) is 12.2 Å². The number of urea groups is 1. The van der Waals surface area contributed by atoms with E-state index >= 15 is 0 Å². The fraction of sp³-hybridized carbons (Fsp3) is 0.481. The average Bonchev–Trinajstić information content (AvgIpc) is 2.81. The van der Waals surface area contributed by atoms with Crippen molar-refractivity contribution < 1.29 is 14.3 Å². The highest BCUT2D eigenvalue weighted by Crippen LogP contribution is 2.17. The van der Waals surface area contributed by atoms with Crippen molar-refractivity contribution in [1.29, 1.82) is 0 Å². The average molecular weight is 452 g/mol. The van der Waals surface area contributed by atoms with Gasteiger partial charge in [-0.2, -0.15) is 0 Å². The van der Waals surface area contributed by atoms with Gasteiger partial charge in [0.2, 0.25) is 0 Å². The van der Waals surface area contributed by atoms with Gasteiger partial charge < -0.3 is 19.9 Å². The zero-order valence-electron chi connectivity index (χ0n) is 20.2. The molecule has 2 aromatic rings. The minimum absolute atomic E-state index is 0.133. The highest BCUT2D eigenvalue weighted by molar-refractivity contribution is 5.92. The normalized spacial score (nSPS) is 16.3. The maximum Gasteiger partial charge on any atom is 0.338 e. The number of anilines is 1.